The predicted molar refractivity (Wildman–Crippen MR) is 118 cm³/mol. The quantitative estimate of drug-likeness (QED) is 0.714. The Morgan fingerprint density at radius 3 is 2.71 bits per heavy atom. The predicted octanol–water partition coefficient (Wildman–Crippen LogP) is 3.42. The first-order chi connectivity index (χ1) is 15.0. The standard InChI is InChI=1S/C25H22N4O2/c1-16-12-19-9-11-29(23-20(15-26)4-3-10-28-23)25(31)22(19)14-21(16)13-17-5-7-18(8-6-17)24(30)27-2/h3-8,10,12,14H,9,11,13H2,1-2H3,(H,27,30). The number of carbonyl (C=O) groups is 2. The number of pyridine rings is 1. The second-order valence-electron chi connectivity index (χ2n) is 7.58. The van der Waals surface area contributed by atoms with E-state index in [9.17, 15) is 14.9 Å². The molecule has 2 heterocycles. The number of hydrogen-bond acceptors (Lipinski definition) is 4. The molecular weight excluding hydrogens is 388 g/mol. The van der Waals surface area contributed by atoms with Gasteiger partial charge in [0.25, 0.3) is 11.8 Å². The van der Waals surface area contributed by atoms with Crippen molar-refractivity contribution in [3.63, 3.8) is 0 Å². The summed E-state index contributed by atoms with van der Waals surface area (Å²) in [5.41, 5.74) is 5.93. The van der Waals surface area contributed by atoms with Gasteiger partial charge in [0.2, 0.25) is 0 Å². The van der Waals surface area contributed by atoms with Crippen LogP contribution in [0.15, 0.2) is 54.7 Å². The Hall–Kier alpha value is -3.98. The highest BCUT2D eigenvalue weighted by atomic mass is 16.2. The van der Waals surface area contributed by atoms with E-state index < -0.39 is 0 Å². The Labute approximate surface area is 181 Å². The minimum atomic E-state index is -0.132. The number of benzene rings is 2. The summed E-state index contributed by atoms with van der Waals surface area (Å²) in [6.45, 7) is 2.55. The number of amides is 2. The second-order valence-corrected chi connectivity index (χ2v) is 7.58. The molecule has 0 aliphatic carbocycles. The van der Waals surface area contributed by atoms with E-state index in [4.69, 9.17) is 0 Å². The van der Waals surface area contributed by atoms with E-state index in [1.807, 2.05) is 18.2 Å². The van der Waals surface area contributed by atoms with Crippen molar-refractivity contribution >= 4 is 17.6 Å². The van der Waals surface area contributed by atoms with E-state index in [0.29, 0.717) is 41.9 Å². The molecule has 2 amide bonds. The SMILES string of the molecule is CNC(=O)c1ccc(Cc2cc3c(cc2C)CCN(c2ncccc2C#N)C3=O)cc1. The first kappa shape index (κ1) is 20.3. The Morgan fingerprint density at radius 2 is 2.00 bits per heavy atom. The fourth-order valence-electron chi connectivity index (χ4n) is 3.93. The summed E-state index contributed by atoms with van der Waals surface area (Å²) in [6.07, 6.45) is 2.97. The van der Waals surface area contributed by atoms with Gasteiger partial charge in [-0.15, -0.1) is 0 Å². The van der Waals surface area contributed by atoms with Gasteiger partial charge in [-0.05, 0) is 72.4 Å². The summed E-state index contributed by atoms with van der Waals surface area (Å²) in [6, 6.07) is 17.0. The molecule has 1 aliphatic rings. The minimum Gasteiger partial charge on any atom is -0.355 e. The Balaban J connectivity index is 1.64. The van der Waals surface area contributed by atoms with Gasteiger partial charge in [-0.3, -0.25) is 14.5 Å². The lowest BCUT2D eigenvalue weighted by molar-refractivity contribution is 0.0960. The Bertz CT molecular complexity index is 1210. The molecule has 0 atom stereocenters. The monoisotopic (exact) mass is 410 g/mol. The van der Waals surface area contributed by atoms with Gasteiger partial charge < -0.3 is 5.32 Å². The molecule has 0 fully saturated rings. The van der Waals surface area contributed by atoms with E-state index in [-0.39, 0.29) is 11.8 Å². The number of nitrogens with one attached hydrogen (secondary N) is 1. The van der Waals surface area contributed by atoms with Gasteiger partial charge in [0, 0.05) is 30.9 Å². The van der Waals surface area contributed by atoms with Crippen LogP contribution in [0.2, 0.25) is 0 Å². The molecule has 1 aromatic heterocycles. The number of aromatic nitrogens is 1. The molecule has 3 aromatic rings. The molecule has 0 saturated carbocycles. The highest BCUT2D eigenvalue weighted by molar-refractivity contribution is 6.08. The van der Waals surface area contributed by atoms with Crippen molar-refractivity contribution in [1.29, 1.82) is 5.26 Å². The van der Waals surface area contributed by atoms with Crippen molar-refractivity contribution in [3.05, 3.63) is 93.7 Å². The Morgan fingerprint density at radius 1 is 1.23 bits per heavy atom. The maximum absolute atomic E-state index is 13.3. The largest absolute Gasteiger partial charge is 0.355 e. The maximum Gasteiger partial charge on any atom is 0.259 e. The van der Waals surface area contributed by atoms with E-state index in [2.05, 4.69) is 29.4 Å². The highest BCUT2D eigenvalue weighted by Gasteiger charge is 2.28. The molecule has 31 heavy (non-hydrogen) atoms. The summed E-state index contributed by atoms with van der Waals surface area (Å²) in [5, 5.41) is 12.0. The zero-order valence-corrected chi connectivity index (χ0v) is 17.5. The third-order valence-electron chi connectivity index (χ3n) is 5.64. The fourth-order valence-corrected chi connectivity index (χ4v) is 3.93. The van der Waals surface area contributed by atoms with Crippen LogP contribution in [0.4, 0.5) is 5.82 Å². The Kier molecular flexibility index (Phi) is 5.50. The van der Waals surface area contributed by atoms with Crippen molar-refractivity contribution in [2.75, 3.05) is 18.5 Å². The fraction of sp³-hybridized carbons (Fsp3) is 0.200. The van der Waals surface area contributed by atoms with Crippen LogP contribution >= 0.6 is 0 Å². The molecule has 1 N–H and O–H groups in total. The van der Waals surface area contributed by atoms with Crippen LogP contribution in [0.5, 0.6) is 0 Å². The van der Waals surface area contributed by atoms with Gasteiger partial charge >= 0.3 is 0 Å². The molecule has 6 heteroatoms. The molecule has 0 spiro atoms. The molecule has 2 aromatic carbocycles. The summed E-state index contributed by atoms with van der Waals surface area (Å²) in [4.78, 5) is 30.9. The minimum absolute atomic E-state index is 0.117. The molecule has 1 aliphatic heterocycles. The average molecular weight is 410 g/mol. The molecule has 4 rings (SSSR count). The molecule has 154 valence electrons. The van der Waals surface area contributed by atoms with Crippen LogP contribution in [0.1, 0.15) is 48.5 Å². The van der Waals surface area contributed by atoms with Crippen molar-refractivity contribution < 1.29 is 9.59 Å². The lowest BCUT2D eigenvalue weighted by Gasteiger charge is -2.29. The number of aryl methyl sites for hydroxylation is 1. The lowest BCUT2D eigenvalue weighted by atomic mass is 9.90. The van der Waals surface area contributed by atoms with Gasteiger partial charge in [0.1, 0.15) is 6.07 Å². The van der Waals surface area contributed by atoms with Crippen molar-refractivity contribution in [2.24, 2.45) is 0 Å². The number of fused-ring (bicyclic) bond motifs is 1. The number of anilines is 1. The summed E-state index contributed by atoms with van der Waals surface area (Å²) in [7, 11) is 1.61. The number of nitriles is 1. The van der Waals surface area contributed by atoms with Gasteiger partial charge in [0.15, 0.2) is 5.82 Å². The van der Waals surface area contributed by atoms with Crippen molar-refractivity contribution in [2.45, 2.75) is 19.8 Å². The van der Waals surface area contributed by atoms with Crippen LogP contribution in [0, 0.1) is 18.3 Å². The lowest BCUT2D eigenvalue weighted by Crippen LogP contribution is -2.38. The highest BCUT2D eigenvalue weighted by Crippen LogP contribution is 2.28. The number of nitrogens with zero attached hydrogens (tertiary/aromatic N) is 3. The smallest absolute Gasteiger partial charge is 0.259 e. The topological polar surface area (TPSA) is 86.1 Å². The zero-order chi connectivity index (χ0) is 22.0. The first-order valence-electron chi connectivity index (χ1n) is 10.1. The molecule has 0 radical (unpaired) electrons. The second kappa shape index (κ2) is 8.41. The van der Waals surface area contributed by atoms with Crippen LogP contribution in [-0.2, 0) is 12.8 Å². The van der Waals surface area contributed by atoms with Crippen LogP contribution in [0.25, 0.3) is 0 Å². The van der Waals surface area contributed by atoms with Crippen LogP contribution in [-0.4, -0.2) is 30.4 Å². The van der Waals surface area contributed by atoms with Gasteiger partial charge in [-0.25, -0.2) is 4.98 Å². The van der Waals surface area contributed by atoms with E-state index >= 15 is 0 Å². The number of hydrogen-bond donors (Lipinski definition) is 1. The number of rotatable bonds is 4. The summed E-state index contributed by atoms with van der Waals surface area (Å²) < 4.78 is 0. The molecule has 0 unspecified atom stereocenters. The summed E-state index contributed by atoms with van der Waals surface area (Å²) >= 11 is 0. The third kappa shape index (κ3) is 3.90. The molecule has 6 nitrogen and oxygen atoms in total. The van der Waals surface area contributed by atoms with Gasteiger partial charge in [0.05, 0.1) is 5.56 Å². The van der Waals surface area contributed by atoms with Crippen molar-refractivity contribution in [3.8, 4) is 6.07 Å². The van der Waals surface area contributed by atoms with Crippen molar-refractivity contribution in [1.82, 2.24) is 10.3 Å². The van der Waals surface area contributed by atoms with E-state index in [0.717, 1.165) is 22.3 Å². The maximum atomic E-state index is 13.3. The van der Waals surface area contributed by atoms with E-state index in [1.54, 1.807) is 42.4 Å². The average Bonchev–Trinajstić information content (AvgIpc) is 2.80. The van der Waals surface area contributed by atoms with Crippen LogP contribution in [0.3, 0.4) is 0 Å². The number of carbonyl (C=O) groups excluding carboxylic acids is 2. The normalized spacial score (nSPS) is 12.8. The van der Waals surface area contributed by atoms with Gasteiger partial charge in [-0.2, -0.15) is 5.26 Å². The third-order valence-corrected chi connectivity index (χ3v) is 5.64. The summed E-state index contributed by atoms with van der Waals surface area (Å²) in [5.74, 6) is 0.161. The molecule has 0 bridgehead atoms. The first-order valence-corrected chi connectivity index (χ1v) is 10.1. The van der Waals surface area contributed by atoms with Gasteiger partial charge in [-0.1, -0.05) is 18.2 Å². The molecule has 0 saturated heterocycles. The zero-order valence-electron chi connectivity index (χ0n) is 17.5. The van der Waals surface area contributed by atoms with E-state index in [1.165, 1.54) is 0 Å². The van der Waals surface area contributed by atoms with Crippen LogP contribution < -0.4 is 10.2 Å². The molecular formula is C25H22N4O2.